The van der Waals surface area contributed by atoms with E-state index in [4.69, 9.17) is 27.9 Å². The minimum Gasteiger partial charge on any atom is -0.493 e. The molecule has 1 rings (SSSR count). The highest BCUT2D eigenvalue weighted by molar-refractivity contribution is 6.36. The van der Waals surface area contributed by atoms with Crippen molar-refractivity contribution < 1.29 is 4.74 Å². The Morgan fingerprint density at radius 2 is 2.00 bits per heavy atom. The van der Waals surface area contributed by atoms with Crippen molar-refractivity contribution in [2.75, 3.05) is 32.6 Å². The molecule has 0 heterocycles. The predicted octanol–water partition coefficient (Wildman–Crippen LogP) is 2.63. The van der Waals surface area contributed by atoms with E-state index < -0.39 is 0 Å². The van der Waals surface area contributed by atoms with Crippen molar-refractivity contribution in [3.63, 3.8) is 0 Å². The first kappa shape index (κ1) is 12.4. The van der Waals surface area contributed by atoms with Gasteiger partial charge in [-0.3, -0.25) is 0 Å². The number of methoxy groups -OCH3 is 1. The number of anilines is 1. The van der Waals surface area contributed by atoms with Gasteiger partial charge in [0.1, 0.15) is 0 Å². The SMILES string of the molecule is CNCCNc1cc(Cl)cc(Cl)c1OC. The van der Waals surface area contributed by atoms with E-state index in [2.05, 4.69) is 10.6 Å². The van der Waals surface area contributed by atoms with Crippen LogP contribution in [-0.4, -0.2) is 27.2 Å². The molecule has 0 aliphatic rings. The number of benzene rings is 1. The Kier molecular flexibility index (Phi) is 5.02. The molecule has 0 fully saturated rings. The van der Waals surface area contributed by atoms with Crippen LogP contribution in [0.2, 0.25) is 10.0 Å². The zero-order chi connectivity index (χ0) is 11.3. The molecule has 0 aliphatic heterocycles. The van der Waals surface area contributed by atoms with Gasteiger partial charge in [-0.2, -0.15) is 0 Å². The molecule has 2 N–H and O–H groups in total. The third-order valence-electron chi connectivity index (χ3n) is 1.90. The van der Waals surface area contributed by atoms with Crippen LogP contribution in [0.15, 0.2) is 12.1 Å². The Morgan fingerprint density at radius 3 is 2.60 bits per heavy atom. The van der Waals surface area contributed by atoms with Crippen molar-refractivity contribution in [2.24, 2.45) is 0 Å². The van der Waals surface area contributed by atoms with E-state index in [1.54, 1.807) is 19.2 Å². The minimum absolute atomic E-state index is 0.511. The first-order valence-electron chi connectivity index (χ1n) is 4.60. The van der Waals surface area contributed by atoms with Crippen molar-refractivity contribution >= 4 is 28.9 Å². The van der Waals surface area contributed by atoms with E-state index in [-0.39, 0.29) is 0 Å². The summed E-state index contributed by atoms with van der Waals surface area (Å²) in [6.07, 6.45) is 0. The second-order valence-electron chi connectivity index (χ2n) is 3.00. The molecule has 0 bridgehead atoms. The third-order valence-corrected chi connectivity index (χ3v) is 2.40. The smallest absolute Gasteiger partial charge is 0.160 e. The molecular formula is C10H14Cl2N2O. The molecule has 84 valence electrons. The number of likely N-dealkylation sites (N-methyl/N-ethyl adjacent to an activating group) is 1. The number of hydrogen-bond acceptors (Lipinski definition) is 3. The number of nitrogens with one attached hydrogen (secondary N) is 2. The highest BCUT2D eigenvalue weighted by Crippen LogP contribution is 2.35. The van der Waals surface area contributed by atoms with Gasteiger partial charge in [0, 0.05) is 18.1 Å². The lowest BCUT2D eigenvalue weighted by atomic mass is 10.3. The molecule has 0 aliphatic carbocycles. The van der Waals surface area contributed by atoms with Gasteiger partial charge in [0.2, 0.25) is 0 Å². The Hall–Kier alpha value is -0.640. The largest absolute Gasteiger partial charge is 0.493 e. The lowest BCUT2D eigenvalue weighted by Crippen LogP contribution is -2.18. The van der Waals surface area contributed by atoms with Crippen molar-refractivity contribution in [1.29, 1.82) is 0 Å². The molecule has 0 radical (unpaired) electrons. The van der Waals surface area contributed by atoms with Gasteiger partial charge in [-0.1, -0.05) is 23.2 Å². The topological polar surface area (TPSA) is 33.3 Å². The summed E-state index contributed by atoms with van der Waals surface area (Å²) in [5, 5.41) is 7.33. The first-order valence-corrected chi connectivity index (χ1v) is 5.36. The third kappa shape index (κ3) is 3.45. The summed E-state index contributed by atoms with van der Waals surface area (Å²) >= 11 is 11.9. The van der Waals surface area contributed by atoms with Crippen molar-refractivity contribution in [2.45, 2.75) is 0 Å². The Labute approximate surface area is 99.7 Å². The fraction of sp³-hybridized carbons (Fsp3) is 0.400. The molecule has 0 saturated heterocycles. The van der Waals surface area contributed by atoms with Gasteiger partial charge in [0.25, 0.3) is 0 Å². The van der Waals surface area contributed by atoms with E-state index in [9.17, 15) is 0 Å². The second-order valence-corrected chi connectivity index (χ2v) is 3.84. The summed E-state index contributed by atoms with van der Waals surface area (Å²) in [5.41, 5.74) is 0.810. The predicted molar refractivity (Wildman–Crippen MR) is 65.4 cm³/mol. The maximum absolute atomic E-state index is 5.98. The van der Waals surface area contributed by atoms with Crippen LogP contribution in [0.1, 0.15) is 0 Å². The molecule has 1 aromatic rings. The molecule has 0 spiro atoms. The van der Waals surface area contributed by atoms with Gasteiger partial charge in [0.05, 0.1) is 17.8 Å². The van der Waals surface area contributed by atoms with Gasteiger partial charge in [-0.05, 0) is 19.2 Å². The zero-order valence-electron chi connectivity index (χ0n) is 8.73. The minimum atomic E-state index is 0.511. The summed E-state index contributed by atoms with van der Waals surface area (Å²) < 4.78 is 5.19. The molecule has 15 heavy (non-hydrogen) atoms. The summed E-state index contributed by atoms with van der Waals surface area (Å²) in [6.45, 7) is 1.64. The molecule has 3 nitrogen and oxygen atoms in total. The molecule has 1 aromatic carbocycles. The van der Waals surface area contributed by atoms with Crippen LogP contribution < -0.4 is 15.4 Å². The number of halogens is 2. The zero-order valence-corrected chi connectivity index (χ0v) is 10.2. The van der Waals surface area contributed by atoms with E-state index in [1.165, 1.54) is 0 Å². The lowest BCUT2D eigenvalue weighted by Gasteiger charge is -2.12. The van der Waals surface area contributed by atoms with Crippen LogP contribution in [0.4, 0.5) is 5.69 Å². The fourth-order valence-corrected chi connectivity index (χ4v) is 1.79. The maximum atomic E-state index is 5.98. The van der Waals surface area contributed by atoms with Gasteiger partial charge in [-0.25, -0.2) is 0 Å². The van der Waals surface area contributed by atoms with Gasteiger partial charge in [0.15, 0.2) is 5.75 Å². The summed E-state index contributed by atoms with van der Waals surface area (Å²) in [6, 6.07) is 3.45. The molecular weight excluding hydrogens is 235 g/mol. The van der Waals surface area contributed by atoms with Gasteiger partial charge in [-0.15, -0.1) is 0 Å². The molecule has 0 aromatic heterocycles. The molecule has 0 unspecified atom stereocenters. The Balaban J connectivity index is 2.84. The highest BCUT2D eigenvalue weighted by Gasteiger charge is 2.08. The summed E-state index contributed by atoms with van der Waals surface area (Å²) in [5.74, 6) is 0.622. The van der Waals surface area contributed by atoms with E-state index >= 15 is 0 Å². The normalized spacial score (nSPS) is 10.1. The van der Waals surface area contributed by atoms with E-state index in [0.717, 1.165) is 18.8 Å². The molecule has 5 heteroatoms. The van der Waals surface area contributed by atoms with Crippen molar-refractivity contribution in [1.82, 2.24) is 5.32 Å². The Bertz CT molecular complexity index is 331. The number of rotatable bonds is 5. The highest BCUT2D eigenvalue weighted by atomic mass is 35.5. The monoisotopic (exact) mass is 248 g/mol. The van der Waals surface area contributed by atoms with E-state index in [0.29, 0.717) is 15.8 Å². The van der Waals surface area contributed by atoms with Gasteiger partial charge >= 0.3 is 0 Å². The first-order chi connectivity index (χ1) is 7.19. The van der Waals surface area contributed by atoms with Crippen LogP contribution in [-0.2, 0) is 0 Å². The van der Waals surface area contributed by atoms with Crippen LogP contribution in [0.25, 0.3) is 0 Å². The van der Waals surface area contributed by atoms with Crippen molar-refractivity contribution in [3.05, 3.63) is 22.2 Å². The van der Waals surface area contributed by atoms with Crippen LogP contribution in [0.5, 0.6) is 5.75 Å². The van der Waals surface area contributed by atoms with Crippen LogP contribution in [0, 0.1) is 0 Å². The average molecular weight is 249 g/mol. The average Bonchev–Trinajstić information content (AvgIpc) is 2.17. The second kappa shape index (κ2) is 6.05. The molecule has 0 atom stereocenters. The Morgan fingerprint density at radius 1 is 1.27 bits per heavy atom. The number of ether oxygens (including phenoxy) is 1. The van der Waals surface area contributed by atoms with Crippen LogP contribution >= 0.6 is 23.2 Å². The van der Waals surface area contributed by atoms with Crippen LogP contribution in [0.3, 0.4) is 0 Å². The fourth-order valence-electron chi connectivity index (χ4n) is 1.22. The molecule has 0 amide bonds. The maximum Gasteiger partial charge on any atom is 0.160 e. The summed E-state index contributed by atoms with van der Waals surface area (Å²) in [4.78, 5) is 0. The molecule has 0 saturated carbocycles. The quantitative estimate of drug-likeness (QED) is 0.787. The lowest BCUT2D eigenvalue weighted by molar-refractivity contribution is 0.416. The summed E-state index contributed by atoms with van der Waals surface area (Å²) in [7, 11) is 3.47. The van der Waals surface area contributed by atoms with Crippen molar-refractivity contribution in [3.8, 4) is 5.75 Å². The standard InChI is InChI=1S/C10H14Cl2N2O/c1-13-3-4-14-9-6-7(11)5-8(12)10(9)15-2/h5-6,13-14H,3-4H2,1-2H3. The van der Waals surface area contributed by atoms with Gasteiger partial charge < -0.3 is 15.4 Å². The number of hydrogen-bond donors (Lipinski definition) is 2. The van der Waals surface area contributed by atoms with E-state index in [1.807, 2.05) is 7.05 Å².